The van der Waals surface area contributed by atoms with E-state index in [-0.39, 0.29) is 29.4 Å². The summed E-state index contributed by atoms with van der Waals surface area (Å²) in [6.07, 6.45) is 0. The minimum atomic E-state index is -1.14. The molecule has 0 spiro atoms. The van der Waals surface area contributed by atoms with Gasteiger partial charge in [0.1, 0.15) is 12.6 Å². The Morgan fingerprint density at radius 2 is 1.59 bits per heavy atom. The Bertz CT molecular complexity index is 1510. The van der Waals surface area contributed by atoms with Gasteiger partial charge in [-0.2, -0.15) is 0 Å². The maximum absolute atomic E-state index is 14.2. The number of hydrogen-bond acceptors (Lipinski definition) is 8. The van der Waals surface area contributed by atoms with Crippen molar-refractivity contribution in [2.24, 2.45) is 5.92 Å². The molecular weight excluding hydrogens is 530 g/mol. The Morgan fingerprint density at radius 1 is 0.927 bits per heavy atom. The van der Waals surface area contributed by atoms with Crippen molar-refractivity contribution < 1.29 is 33.6 Å². The molecule has 0 aromatic heterocycles. The number of imide groups is 1. The highest BCUT2D eigenvalue weighted by molar-refractivity contribution is 6.09. The van der Waals surface area contributed by atoms with Gasteiger partial charge in [-0.3, -0.25) is 29.4 Å². The lowest BCUT2D eigenvalue weighted by Gasteiger charge is -2.28. The monoisotopic (exact) mass is 557 g/mol. The molecule has 0 aliphatic carbocycles. The van der Waals surface area contributed by atoms with E-state index in [1.54, 1.807) is 73.7 Å². The number of nitro groups is 1. The van der Waals surface area contributed by atoms with Crippen LogP contribution in [-0.2, 0) is 14.3 Å². The van der Waals surface area contributed by atoms with E-state index in [1.807, 2.05) is 0 Å². The summed E-state index contributed by atoms with van der Waals surface area (Å²) >= 11 is 0. The minimum Gasteiger partial charge on any atom is -0.490 e. The topological polar surface area (TPSA) is 136 Å². The molecule has 0 bridgehead atoms. The second-order valence-electron chi connectivity index (χ2n) is 9.69. The summed E-state index contributed by atoms with van der Waals surface area (Å²) in [5.74, 6) is -3.50. The predicted molar refractivity (Wildman–Crippen MR) is 145 cm³/mol. The fourth-order valence-corrected chi connectivity index (χ4v) is 5.86. The van der Waals surface area contributed by atoms with Gasteiger partial charge < -0.3 is 14.4 Å². The number of esters is 1. The molecule has 3 amide bonds. The normalized spacial score (nSPS) is 21.5. The number of nitrogens with zero attached hydrogens (tertiary/aromatic N) is 3. The third-order valence-corrected chi connectivity index (χ3v) is 7.52. The van der Waals surface area contributed by atoms with Crippen LogP contribution >= 0.6 is 0 Å². The first-order valence-corrected chi connectivity index (χ1v) is 13.0. The minimum absolute atomic E-state index is 0.00612. The van der Waals surface area contributed by atoms with E-state index >= 15 is 0 Å². The Morgan fingerprint density at radius 3 is 2.20 bits per heavy atom. The van der Waals surface area contributed by atoms with Gasteiger partial charge >= 0.3 is 17.7 Å². The zero-order valence-corrected chi connectivity index (χ0v) is 22.3. The van der Waals surface area contributed by atoms with Crippen molar-refractivity contribution in [3.63, 3.8) is 0 Å². The molecule has 4 unspecified atom stereocenters. The van der Waals surface area contributed by atoms with Gasteiger partial charge in [0.05, 0.1) is 30.6 Å². The molecule has 11 nitrogen and oxygen atoms in total. The van der Waals surface area contributed by atoms with Gasteiger partial charge in [-0.1, -0.05) is 66.7 Å². The third kappa shape index (κ3) is 4.79. The van der Waals surface area contributed by atoms with Crippen molar-refractivity contribution in [3.05, 3.63) is 106 Å². The average molecular weight is 558 g/mol. The summed E-state index contributed by atoms with van der Waals surface area (Å²) < 4.78 is 10.1. The number of amides is 3. The molecule has 11 heteroatoms. The first kappa shape index (κ1) is 27.5. The first-order valence-electron chi connectivity index (χ1n) is 13.0. The second-order valence-corrected chi connectivity index (χ2v) is 9.69. The molecule has 2 aliphatic heterocycles. The molecule has 0 N–H and O–H groups in total. The summed E-state index contributed by atoms with van der Waals surface area (Å²) in [6, 6.07) is 18.6. The zero-order chi connectivity index (χ0) is 29.3. The van der Waals surface area contributed by atoms with Gasteiger partial charge in [-0.05, 0) is 24.1 Å². The number of fused-ring (bicyclic) bond motifs is 1. The maximum atomic E-state index is 14.2. The van der Waals surface area contributed by atoms with E-state index in [9.17, 15) is 29.3 Å². The summed E-state index contributed by atoms with van der Waals surface area (Å²) in [4.78, 5) is 67.8. The van der Waals surface area contributed by atoms with Gasteiger partial charge in [-0.15, -0.1) is 0 Å². The Balaban J connectivity index is 1.72. The van der Waals surface area contributed by atoms with Gasteiger partial charge in [-0.25, -0.2) is 4.79 Å². The number of Topliss-reactive ketones (excluding diaryl/α,β-unsaturated/α-hetero) is 1. The number of carbonyl (C=O) groups excluding carboxylic acids is 4. The second kappa shape index (κ2) is 11.2. The predicted octanol–water partition coefficient (Wildman–Crippen LogP) is 4.14. The molecule has 2 heterocycles. The lowest BCUT2D eigenvalue weighted by molar-refractivity contribution is -0.385. The van der Waals surface area contributed by atoms with E-state index in [1.165, 1.54) is 24.1 Å². The zero-order valence-electron chi connectivity index (χ0n) is 22.3. The Kier molecular flexibility index (Phi) is 7.52. The van der Waals surface area contributed by atoms with E-state index in [0.717, 1.165) is 4.90 Å². The SMILES string of the molecule is CCOC(=O)CN1C(=O)C2C(c3ccccc3)C(C(=O)c3ccccc3)C(c3ccc(OC)c([N+](=O)[O-])c3)N2C1=O. The highest BCUT2D eigenvalue weighted by atomic mass is 16.6. The van der Waals surface area contributed by atoms with Crippen molar-refractivity contribution in [3.8, 4) is 5.75 Å². The highest BCUT2D eigenvalue weighted by Gasteiger charge is 2.63. The van der Waals surface area contributed by atoms with Crippen LogP contribution in [0.3, 0.4) is 0 Å². The quantitative estimate of drug-likeness (QED) is 0.126. The fourth-order valence-electron chi connectivity index (χ4n) is 5.86. The molecule has 2 fully saturated rings. The molecule has 0 saturated carbocycles. The molecule has 2 saturated heterocycles. The average Bonchev–Trinajstić information content (AvgIpc) is 3.46. The van der Waals surface area contributed by atoms with Crippen molar-refractivity contribution in [1.29, 1.82) is 0 Å². The third-order valence-electron chi connectivity index (χ3n) is 7.52. The van der Waals surface area contributed by atoms with Crippen LogP contribution in [0, 0.1) is 16.0 Å². The number of benzene rings is 3. The number of methoxy groups -OCH3 is 1. The Hall–Kier alpha value is -5.06. The summed E-state index contributed by atoms with van der Waals surface area (Å²) in [6.45, 7) is 1.09. The van der Waals surface area contributed by atoms with Crippen molar-refractivity contribution in [2.75, 3.05) is 20.3 Å². The van der Waals surface area contributed by atoms with Crippen molar-refractivity contribution >= 4 is 29.4 Å². The smallest absolute Gasteiger partial charge is 0.328 e. The van der Waals surface area contributed by atoms with Crippen LogP contribution in [0.1, 0.15) is 40.4 Å². The van der Waals surface area contributed by atoms with Crippen LogP contribution in [0.25, 0.3) is 0 Å². The highest BCUT2D eigenvalue weighted by Crippen LogP contribution is 2.54. The molecule has 3 aromatic rings. The first-order chi connectivity index (χ1) is 19.8. The molecule has 41 heavy (non-hydrogen) atoms. The summed E-state index contributed by atoms with van der Waals surface area (Å²) in [7, 11) is 1.30. The molecule has 4 atom stereocenters. The number of ether oxygens (including phenoxy) is 2. The molecule has 210 valence electrons. The lowest BCUT2D eigenvalue weighted by atomic mass is 9.75. The van der Waals surface area contributed by atoms with Crippen LogP contribution in [0.4, 0.5) is 10.5 Å². The molecule has 2 aliphatic rings. The number of hydrogen-bond donors (Lipinski definition) is 0. The fraction of sp³-hybridized carbons (Fsp3) is 0.267. The van der Waals surface area contributed by atoms with Crippen molar-refractivity contribution in [2.45, 2.75) is 24.9 Å². The lowest BCUT2D eigenvalue weighted by Crippen LogP contribution is -2.41. The van der Waals surface area contributed by atoms with Gasteiger partial charge in [0.15, 0.2) is 11.5 Å². The van der Waals surface area contributed by atoms with Crippen molar-refractivity contribution in [1.82, 2.24) is 9.80 Å². The number of carbonyl (C=O) groups is 4. The number of nitro benzene ring substituents is 1. The van der Waals surface area contributed by atoms with Crippen LogP contribution in [0.5, 0.6) is 5.75 Å². The van der Waals surface area contributed by atoms with Gasteiger partial charge in [0, 0.05) is 17.5 Å². The number of rotatable bonds is 9. The van der Waals surface area contributed by atoms with Crippen LogP contribution in [-0.4, -0.2) is 64.7 Å². The Labute approximate surface area is 235 Å². The summed E-state index contributed by atoms with van der Waals surface area (Å²) in [5, 5.41) is 11.9. The standard InChI is InChI=1S/C30H27N3O8/c1-3-41-23(34)17-31-29(36)27-24(18-10-6-4-7-11-18)25(28(35)19-12-8-5-9-13-19)26(32(27)30(31)37)20-14-15-22(40-2)21(16-20)33(38)39/h4-16,24-27H,3,17H2,1-2H3. The molecule has 5 rings (SSSR count). The van der Waals surface area contributed by atoms with E-state index in [2.05, 4.69) is 0 Å². The van der Waals surface area contributed by atoms with E-state index < -0.39 is 53.3 Å². The summed E-state index contributed by atoms with van der Waals surface area (Å²) in [5.41, 5.74) is 0.948. The van der Waals surface area contributed by atoms with Crippen LogP contribution < -0.4 is 4.74 Å². The number of urea groups is 1. The van der Waals surface area contributed by atoms with Gasteiger partial charge in [0.2, 0.25) is 0 Å². The van der Waals surface area contributed by atoms with E-state index in [4.69, 9.17) is 9.47 Å². The molecule has 0 radical (unpaired) electrons. The molecule has 3 aromatic carbocycles. The number of ketones is 1. The van der Waals surface area contributed by atoms with Gasteiger partial charge in [0.25, 0.3) is 5.91 Å². The maximum Gasteiger partial charge on any atom is 0.328 e. The van der Waals surface area contributed by atoms with Crippen LogP contribution in [0.15, 0.2) is 78.9 Å². The largest absolute Gasteiger partial charge is 0.490 e. The van der Waals surface area contributed by atoms with Crippen LogP contribution in [0.2, 0.25) is 0 Å². The molecular formula is C30H27N3O8. The van der Waals surface area contributed by atoms with E-state index in [0.29, 0.717) is 11.1 Å².